The van der Waals surface area contributed by atoms with Crippen LogP contribution in [0, 0.1) is 0 Å². The van der Waals surface area contributed by atoms with E-state index in [4.69, 9.17) is 15.2 Å². The molecule has 0 aliphatic rings. The van der Waals surface area contributed by atoms with Crippen LogP contribution in [-0.4, -0.2) is 42.5 Å². The molecule has 0 spiro atoms. The maximum absolute atomic E-state index is 12.2. The van der Waals surface area contributed by atoms with Gasteiger partial charge in [-0.1, -0.05) is 6.07 Å². The van der Waals surface area contributed by atoms with Crippen LogP contribution >= 0.6 is 0 Å². The van der Waals surface area contributed by atoms with Gasteiger partial charge in [-0.25, -0.2) is 0 Å². The van der Waals surface area contributed by atoms with Crippen molar-refractivity contribution in [2.45, 2.75) is 13.0 Å². The number of pyridine rings is 1. The lowest BCUT2D eigenvalue weighted by Gasteiger charge is -2.22. The standard InChI is InChI=1S/C18H21N3O4/c1-24-15-7-6-13(16(11-15)25-2)12-21(18(23)17(19)22)10-8-14-5-3-4-9-20-14/h3-7,9,11H,8,10,12H2,1-2H3,(H2,19,22). The number of benzene rings is 1. The van der Waals surface area contributed by atoms with Crippen molar-refractivity contribution in [1.29, 1.82) is 0 Å². The van der Waals surface area contributed by atoms with Gasteiger partial charge in [-0.05, 0) is 24.3 Å². The minimum Gasteiger partial charge on any atom is -0.497 e. The summed E-state index contributed by atoms with van der Waals surface area (Å²) in [4.78, 5) is 29.1. The number of carbonyl (C=O) groups is 2. The lowest BCUT2D eigenvalue weighted by molar-refractivity contribution is -0.144. The van der Waals surface area contributed by atoms with E-state index in [1.54, 1.807) is 31.5 Å². The Balaban J connectivity index is 2.18. The third-order valence-corrected chi connectivity index (χ3v) is 3.72. The number of carbonyl (C=O) groups excluding carboxylic acids is 2. The van der Waals surface area contributed by atoms with E-state index in [0.29, 0.717) is 24.5 Å². The number of rotatable bonds is 7. The van der Waals surface area contributed by atoms with E-state index in [-0.39, 0.29) is 6.54 Å². The number of ether oxygens (including phenoxy) is 2. The van der Waals surface area contributed by atoms with Gasteiger partial charge in [0.15, 0.2) is 0 Å². The molecule has 0 aliphatic carbocycles. The third-order valence-electron chi connectivity index (χ3n) is 3.72. The smallest absolute Gasteiger partial charge is 0.311 e. The van der Waals surface area contributed by atoms with Gasteiger partial charge in [-0.3, -0.25) is 14.6 Å². The van der Waals surface area contributed by atoms with Crippen molar-refractivity contribution < 1.29 is 19.1 Å². The molecule has 0 unspecified atom stereocenters. The molecule has 0 radical (unpaired) electrons. The van der Waals surface area contributed by atoms with Crippen LogP contribution in [0.4, 0.5) is 0 Å². The predicted molar refractivity (Wildman–Crippen MR) is 92.1 cm³/mol. The van der Waals surface area contributed by atoms with Crippen LogP contribution < -0.4 is 15.2 Å². The van der Waals surface area contributed by atoms with Crippen molar-refractivity contribution in [3.05, 3.63) is 53.9 Å². The van der Waals surface area contributed by atoms with Crippen molar-refractivity contribution in [3.63, 3.8) is 0 Å². The Hall–Kier alpha value is -3.09. The van der Waals surface area contributed by atoms with Gasteiger partial charge in [0, 0.05) is 43.0 Å². The van der Waals surface area contributed by atoms with Crippen LogP contribution in [0.5, 0.6) is 11.5 Å². The maximum Gasteiger partial charge on any atom is 0.311 e. The molecule has 132 valence electrons. The molecule has 0 atom stereocenters. The van der Waals surface area contributed by atoms with Gasteiger partial charge in [0.1, 0.15) is 11.5 Å². The van der Waals surface area contributed by atoms with Gasteiger partial charge in [-0.2, -0.15) is 0 Å². The Bertz CT molecular complexity index is 734. The molecular weight excluding hydrogens is 322 g/mol. The SMILES string of the molecule is COc1ccc(CN(CCc2ccccn2)C(=O)C(N)=O)c(OC)c1. The molecule has 1 aromatic heterocycles. The van der Waals surface area contributed by atoms with Gasteiger partial charge in [0.25, 0.3) is 0 Å². The zero-order chi connectivity index (χ0) is 18.2. The highest BCUT2D eigenvalue weighted by Gasteiger charge is 2.21. The summed E-state index contributed by atoms with van der Waals surface area (Å²) in [5.41, 5.74) is 6.75. The lowest BCUT2D eigenvalue weighted by atomic mass is 10.1. The molecular formula is C18H21N3O4. The molecule has 2 rings (SSSR count). The van der Waals surface area contributed by atoms with Gasteiger partial charge >= 0.3 is 11.8 Å². The fourth-order valence-electron chi connectivity index (χ4n) is 2.39. The second-order valence-corrected chi connectivity index (χ2v) is 5.34. The summed E-state index contributed by atoms with van der Waals surface area (Å²) < 4.78 is 10.5. The molecule has 0 bridgehead atoms. The van der Waals surface area contributed by atoms with Crippen LogP contribution in [0.3, 0.4) is 0 Å². The fourth-order valence-corrected chi connectivity index (χ4v) is 2.39. The average Bonchev–Trinajstić information content (AvgIpc) is 2.65. The number of nitrogens with two attached hydrogens (primary N) is 1. The largest absolute Gasteiger partial charge is 0.497 e. The summed E-state index contributed by atoms with van der Waals surface area (Å²) in [6.07, 6.45) is 2.19. The minimum atomic E-state index is -0.992. The number of primary amides is 1. The first-order valence-electron chi connectivity index (χ1n) is 7.74. The highest BCUT2D eigenvalue weighted by atomic mass is 16.5. The summed E-state index contributed by atoms with van der Waals surface area (Å²) in [6.45, 7) is 0.510. The van der Waals surface area contributed by atoms with E-state index in [9.17, 15) is 9.59 Å². The van der Waals surface area contributed by atoms with Gasteiger partial charge in [0.05, 0.1) is 14.2 Å². The normalized spacial score (nSPS) is 10.2. The monoisotopic (exact) mass is 343 g/mol. The molecule has 7 nitrogen and oxygen atoms in total. The van der Waals surface area contributed by atoms with E-state index in [1.165, 1.54) is 12.0 Å². The summed E-state index contributed by atoms with van der Waals surface area (Å²) in [5, 5.41) is 0. The van der Waals surface area contributed by atoms with Crippen LogP contribution in [0.15, 0.2) is 42.6 Å². The predicted octanol–water partition coefficient (Wildman–Crippen LogP) is 1.16. The van der Waals surface area contributed by atoms with Crippen LogP contribution in [0.1, 0.15) is 11.3 Å². The second-order valence-electron chi connectivity index (χ2n) is 5.34. The van der Waals surface area contributed by atoms with Crippen molar-refractivity contribution in [2.75, 3.05) is 20.8 Å². The van der Waals surface area contributed by atoms with Gasteiger partial charge in [-0.15, -0.1) is 0 Å². The third kappa shape index (κ3) is 4.94. The fraction of sp³-hybridized carbons (Fsp3) is 0.278. The zero-order valence-electron chi connectivity index (χ0n) is 14.3. The van der Waals surface area contributed by atoms with E-state index in [0.717, 1.165) is 11.3 Å². The van der Waals surface area contributed by atoms with E-state index >= 15 is 0 Å². The molecule has 1 heterocycles. The zero-order valence-corrected chi connectivity index (χ0v) is 14.3. The summed E-state index contributed by atoms with van der Waals surface area (Å²) in [7, 11) is 3.09. The van der Waals surface area contributed by atoms with Gasteiger partial charge in [0.2, 0.25) is 0 Å². The van der Waals surface area contributed by atoms with Crippen LogP contribution in [0.2, 0.25) is 0 Å². The van der Waals surface area contributed by atoms with Crippen molar-refractivity contribution in [2.24, 2.45) is 5.73 Å². The first-order valence-corrected chi connectivity index (χ1v) is 7.74. The Labute approximate surface area is 146 Å². The topological polar surface area (TPSA) is 94.8 Å². The Morgan fingerprint density at radius 3 is 2.56 bits per heavy atom. The number of nitrogens with zero attached hydrogens (tertiary/aromatic N) is 2. The minimum absolute atomic E-state index is 0.196. The molecule has 0 aliphatic heterocycles. The maximum atomic E-state index is 12.2. The first kappa shape index (κ1) is 18.3. The molecule has 7 heteroatoms. The van der Waals surface area contributed by atoms with E-state index < -0.39 is 11.8 Å². The Morgan fingerprint density at radius 1 is 1.16 bits per heavy atom. The molecule has 0 fully saturated rings. The quantitative estimate of drug-likeness (QED) is 0.761. The van der Waals surface area contributed by atoms with Gasteiger partial charge < -0.3 is 20.1 Å². The highest BCUT2D eigenvalue weighted by Crippen LogP contribution is 2.25. The summed E-state index contributed by atoms with van der Waals surface area (Å²) in [5.74, 6) is -0.524. The molecule has 0 saturated carbocycles. The summed E-state index contributed by atoms with van der Waals surface area (Å²) >= 11 is 0. The summed E-state index contributed by atoms with van der Waals surface area (Å²) in [6, 6.07) is 10.8. The van der Waals surface area contributed by atoms with E-state index in [2.05, 4.69) is 4.98 Å². The van der Waals surface area contributed by atoms with Crippen LogP contribution in [-0.2, 0) is 22.6 Å². The number of methoxy groups -OCH3 is 2. The molecule has 0 saturated heterocycles. The number of hydrogen-bond acceptors (Lipinski definition) is 5. The van der Waals surface area contributed by atoms with Crippen LogP contribution in [0.25, 0.3) is 0 Å². The average molecular weight is 343 g/mol. The Kier molecular flexibility index (Phi) is 6.33. The first-order chi connectivity index (χ1) is 12.0. The number of amides is 2. The number of aromatic nitrogens is 1. The Morgan fingerprint density at radius 2 is 1.96 bits per heavy atom. The van der Waals surface area contributed by atoms with Crippen molar-refractivity contribution in [3.8, 4) is 11.5 Å². The van der Waals surface area contributed by atoms with Crippen molar-refractivity contribution in [1.82, 2.24) is 9.88 Å². The molecule has 2 amide bonds. The molecule has 25 heavy (non-hydrogen) atoms. The lowest BCUT2D eigenvalue weighted by Crippen LogP contribution is -2.41. The highest BCUT2D eigenvalue weighted by molar-refractivity contribution is 6.34. The van der Waals surface area contributed by atoms with E-state index in [1.807, 2.05) is 18.2 Å². The molecule has 2 aromatic rings. The number of hydrogen-bond donors (Lipinski definition) is 1. The molecule has 2 N–H and O–H groups in total. The second kappa shape index (κ2) is 8.68. The molecule has 1 aromatic carbocycles. The van der Waals surface area contributed by atoms with Crippen molar-refractivity contribution >= 4 is 11.8 Å².